The van der Waals surface area contributed by atoms with Gasteiger partial charge in [-0.15, -0.1) is 0 Å². The molecule has 1 fully saturated rings. The van der Waals surface area contributed by atoms with E-state index >= 15 is 0 Å². The Hall–Kier alpha value is -1.68. The molecule has 1 N–H and O–H groups in total. The molecule has 0 aliphatic heterocycles. The maximum Gasteiger partial charge on any atom is 0.147 e. The van der Waals surface area contributed by atoms with Gasteiger partial charge in [0.1, 0.15) is 5.82 Å². The van der Waals surface area contributed by atoms with Crippen LogP contribution in [0.1, 0.15) is 38.2 Å². The second kappa shape index (κ2) is 6.39. The predicted octanol–water partition coefficient (Wildman–Crippen LogP) is 3.68. The number of rotatable bonds is 4. The van der Waals surface area contributed by atoms with E-state index in [1.165, 1.54) is 25.7 Å². The molecule has 0 unspecified atom stereocenters. The summed E-state index contributed by atoms with van der Waals surface area (Å²) >= 11 is 0. The Bertz CT molecular complexity index is 572. The Morgan fingerprint density at radius 3 is 2.76 bits per heavy atom. The van der Waals surface area contributed by atoms with Gasteiger partial charge >= 0.3 is 0 Å². The molecule has 3 nitrogen and oxygen atoms in total. The quantitative estimate of drug-likeness (QED) is 0.929. The molecule has 0 amide bonds. The van der Waals surface area contributed by atoms with Crippen LogP contribution in [0.3, 0.4) is 0 Å². The molecule has 1 aliphatic carbocycles. The van der Waals surface area contributed by atoms with Crippen LogP contribution in [0.4, 0.5) is 4.39 Å². The first-order valence-electron chi connectivity index (χ1n) is 7.72. The lowest BCUT2D eigenvalue weighted by Gasteiger charge is -2.27. The van der Waals surface area contributed by atoms with Crippen LogP contribution in [0.2, 0.25) is 0 Å². The standard InChI is InChI=1S/C17H22FN3/c1-13-2-5-15(6-3-13)20-11-14-4-7-17(16(18)10-14)21-9-8-19-12-21/h4,7-10,12-13,15,20H,2-3,5-6,11H2,1H3. The van der Waals surface area contributed by atoms with Gasteiger partial charge in [-0.05, 0) is 49.3 Å². The van der Waals surface area contributed by atoms with Crippen LogP contribution in [-0.4, -0.2) is 15.6 Å². The predicted molar refractivity (Wildman–Crippen MR) is 81.8 cm³/mol. The van der Waals surface area contributed by atoms with Crippen LogP contribution < -0.4 is 5.32 Å². The van der Waals surface area contributed by atoms with Crippen molar-refractivity contribution in [1.82, 2.24) is 14.9 Å². The average molecular weight is 287 g/mol. The van der Waals surface area contributed by atoms with E-state index in [1.54, 1.807) is 29.4 Å². The summed E-state index contributed by atoms with van der Waals surface area (Å²) in [6, 6.07) is 6.00. The number of aromatic nitrogens is 2. The van der Waals surface area contributed by atoms with Crippen LogP contribution in [-0.2, 0) is 6.54 Å². The van der Waals surface area contributed by atoms with Crippen molar-refractivity contribution in [2.45, 2.75) is 45.2 Å². The second-order valence-corrected chi connectivity index (χ2v) is 6.09. The Labute approximate surface area is 125 Å². The smallest absolute Gasteiger partial charge is 0.147 e. The molecule has 1 aromatic heterocycles. The van der Waals surface area contributed by atoms with Crippen molar-refractivity contribution < 1.29 is 4.39 Å². The van der Waals surface area contributed by atoms with Gasteiger partial charge in [0.15, 0.2) is 0 Å². The Balaban J connectivity index is 1.60. The minimum Gasteiger partial charge on any atom is -0.310 e. The summed E-state index contributed by atoms with van der Waals surface area (Å²) in [6.07, 6.45) is 10.1. The highest BCUT2D eigenvalue weighted by atomic mass is 19.1. The average Bonchev–Trinajstić information content (AvgIpc) is 3.01. The van der Waals surface area contributed by atoms with Gasteiger partial charge in [-0.1, -0.05) is 13.0 Å². The summed E-state index contributed by atoms with van der Waals surface area (Å²) in [5.41, 5.74) is 1.54. The maximum absolute atomic E-state index is 14.2. The van der Waals surface area contributed by atoms with Crippen LogP contribution in [0.5, 0.6) is 0 Å². The Kier molecular flexibility index (Phi) is 4.34. The molecule has 0 saturated heterocycles. The van der Waals surface area contributed by atoms with Gasteiger partial charge in [0.2, 0.25) is 0 Å². The molecule has 112 valence electrons. The van der Waals surface area contributed by atoms with Gasteiger partial charge in [-0.2, -0.15) is 0 Å². The monoisotopic (exact) mass is 287 g/mol. The molecule has 4 heteroatoms. The zero-order valence-electron chi connectivity index (χ0n) is 12.4. The van der Waals surface area contributed by atoms with Crippen molar-refractivity contribution in [3.05, 3.63) is 48.3 Å². The lowest BCUT2D eigenvalue weighted by atomic mass is 9.87. The summed E-state index contributed by atoms with van der Waals surface area (Å²) in [4.78, 5) is 3.95. The van der Waals surface area contributed by atoms with Gasteiger partial charge in [0.25, 0.3) is 0 Å². The zero-order valence-corrected chi connectivity index (χ0v) is 12.4. The summed E-state index contributed by atoms with van der Waals surface area (Å²) in [5, 5.41) is 3.55. The van der Waals surface area contributed by atoms with Crippen molar-refractivity contribution in [3.8, 4) is 5.69 Å². The number of nitrogens with zero attached hydrogens (tertiary/aromatic N) is 2. The number of hydrogen-bond donors (Lipinski definition) is 1. The first-order chi connectivity index (χ1) is 10.2. The fourth-order valence-electron chi connectivity index (χ4n) is 3.00. The van der Waals surface area contributed by atoms with E-state index in [0.29, 0.717) is 11.7 Å². The molecule has 0 atom stereocenters. The van der Waals surface area contributed by atoms with Crippen LogP contribution in [0.25, 0.3) is 5.69 Å². The Morgan fingerprint density at radius 1 is 1.29 bits per heavy atom. The highest BCUT2D eigenvalue weighted by Crippen LogP contribution is 2.24. The minimum absolute atomic E-state index is 0.204. The molecule has 21 heavy (non-hydrogen) atoms. The summed E-state index contributed by atoms with van der Waals surface area (Å²) in [5.74, 6) is 0.652. The molecule has 0 radical (unpaired) electrons. The van der Waals surface area contributed by atoms with Crippen molar-refractivity contribution in [3.63, 3.8) is 0 Å². The van der Waals surface area contributed by atoms with Crippen molar-refractivity contribution in [2.75, 3.05) is 0 Å². The van der Waals surface area contributed by atoms with Gasteiger partial charge in [-0.25, -0.2) is 9.37 Å². The van der Waals surface area contributed by atoms with Crippen molar-refractivity contribution >= 4 is 0 Å². The normalized spacial score (nSPS) is 22.4. The molecule has 0 spiro atoms. The topological polar surface area (TPSA) is 29.9 Å². The Morgan fingerprint density at radius 2 is 2.10 bits per heavy atom. The maximum atomic E-state index is 14.2. The number of benzene rings is 1. The first-order valence-corrected chi connectivity index (χ1v) is 7.72. The third-order valence-corrected chi connectivity index (χ3v) is 4.41. The lowest BCUT2D eigenvalue weighted by Crippen LogP contribution is -2.32. The van der Waals surface area contributed by atoms with Gasteiger partial charge < -0.3 is 9.88 Å². The van der Waals surface area contributed by atoms with E-state index in [9.17, 15) is 4.39 Å². The molecule has 0 bridgehead atoms. The summed E-state index contributed by atoms with van der Waals surface area (Å²) in [6.45, 7) is 3.06. The van der Waals surface area contributed by atoms with E-state index < -0.39 is 0 Å². The highest BCUT2D eigenvalue weighted by molar-refractivity contribution is 5.36. The molecular weight excluding hydrogens is 265 g/mol. The van der Waals surface area contributed by atoms with Crippen molar-refractivity contribution in [1.29, 1.82) is 0 Å². The number of halogens is 1. The third-order valence-electron chi connectivity index (χ3n) is 4.41. The van der Waals surface area contributed by atoms with Gasteiger partial charge in [-0.3, -0.25) is 0 Å². The molecule has 1 aliphatic rings. The van der Waals surface area contributed by atoms with Gasteiger partial charge in [0.05, 0.1) is 12.0 Å². The van der Waals surface area contributed by atoms with E-state index in [0.717, 1.165) is 18.0 Å². The van der Waals surface area contributed by atoms with E-state index in [4.69, 9.17) is 0 Å². The second-order valence-electron chi connectivity index (χ2n) is 6.09. The fraction of sp³-hybridized carbons (Fsp3) is 0.471. The first kappa shape index (κ1) is 14.3. The van der Waals surface area contributed by atoms with Crippen LogP contribution in [0, 0.1) is 11.7 Å². The molecule has 1 aromatic carbocycles. The van der Waals surface area contributed by atoms with E-state index in [1.807, 2.05) is 12.1 Å². The molecule has 3 rings (SSSR count). The minimum atomic E-state index is -0.204. The van der Waals surface area contributed by atoms with Crippen LogP contribution >= 0.6 is 0 Å². The molecular formula is C17H22FN3. The largest absolute Gasteiger partial charge is 0.310 e. The summed E-state index contributed by atoms with van der Waals surface area (Å²) < 4.78 is 15.8. The SMILES string of the molecule is CC1CCC(NCc2ccc(-n3ccnc3)c(F)c2)CC1. The van der Waals surface area contributed by atoms with E-state index in [-0.39, 0.29) is 5.82 Å². The molecule has 2 aromatic rings. The van der Waals surface area contributed by atoms with Gasteiger partial charge in [0, 0.05) is 25.0 Å². The third kappa shape index (κ3) is 3.50. The zero-order chi connectivity index (χ0) is 14.7. The summed E-state index contributed by atoms with van der Waals surface area (Å²) in [7, 11) is 0. The molecule has 1 saturated carbocycles. The van der Waals surface area contributed by atoms with Crippen molar-refractivity contribution in [2.24, 2.45) is 5.92 Å². The number of nitrogens with one attached hydrogen (secondary N) is 1. The number of hydrogen-bond acceptors (Lipinski definition) is 2. The highest BCUT2D eigenvalue weighted by Gasteiger charge is 2.17. The number of imidazole rings is 1. The van der Waals surface area contributed by atoms with Crippen LogP contribution in [0.15, 0.2) is 36.9 Å². The lowest BCUT2D eigenvalue weighted by molar-refractivity contribution is 0.306. The fourth-order valence-corrected chi connectivity index (χ4v) is 3.00. The molecule has 1 heterocycles. The van der Waals surface area contributed by atoms with E-state index in [2.05, 4.69) is 17.2 Å².